The lowest BCUT2D eigenvalue weighted by molar-refractivity contribution is -0.156. The molecule has 0 spiro atoms. The summed E-state index contributed by atoms with van der Waals surface area (Å²) in [6.07, 6.45) is 0.242. The lowest BCUT2D eigenvalue weighted by Crippen LogP contribution is -2.66. The molecule has 0 N–H and O–H groups in total. The molecule has 0 radical (unpaired) electrons. The Morgan fingerprint density at radius 1 is 0.639 bits per heavy atom. The van der Waals surface area contributed by atoms with Crippen LogP contribution in [0.15, 0.2) is 60.7 Å². The smallest absolute Gasteiger partial charge is 0.308 e. The molecule has 0 amide bonds. The fourth-order valence-corrected chi connectivity index (χ4v) is 8.65. The Morgan fingerprint density at radius 3 is 1.47 bits per heavy atom. The highest BCUT2D eigenvalue weighted by Crippen LogP contribution is 2.36. The molecule has 2 aromatic carbocycles. The molecule has 2 rings (SSSR count). The van der Waals surface area contributed by atoms with Crippen LogP contribution >= 0.6 is 0 Å². The second-order valence-electron chi connectivity index (χ2n) is 10.7. The minimum atomic E-state index is -2.53. The molecule has 0 heterocycles. The van der Waals surface area contributed by atoms with Crippen LogP contribution in [-0.2, 0) is 28.2 Å². The van der Waals surface area contributed by atoms with Crippen LogP contribution < -0.4 is 10.4 Å². The van der Waals surface area contributed by atoms with Crippen LogP contribution in [0.5, 0.6) is 0 Å². The number of esters is 1. The summed E-state index contributed by atoms with van der Waals surface area (Å²) in [5.41, 5.74) is -0.468. The highest BCUT2D eigenvalue weighted by molar-refractivity contribution is 6.99. The number of hydrogen-bond acceptors (Lipinski definition) is 6. The Labute approximate surface area is 218 Å². The van der Waals surface area contributed by atoms with E-state index in [2.05, 4.69) is 69.3 Å². The zero-order chi connectivity index (χ0) is 26.5. The van der Waals surface area contributed by atoms with E-state index in [4.69, 9.17) is 23.4 Å². The second kappa shape index (κ2) is 14.6. The predicted octanol–water partition coefficient (Wildman–Crippen LogP) is 4.34. The van der Waals surface area contributed by atoms with Crippen molar-refractivity contribution in [1.29, 1.82) is 0 Å². The first-order chi connectivity index (χ1) is 17.1. The van der Waals surface area contributed by atoms with Gasteiger partial charge in [-0.25, -0.2) is 0 Å². The third kappa shape index (κ3) is 9.79. The van der Waals surface area contributed by atoms with Gasteiger partial charge in [-0.15, -0.1) is 0 Å². The number of hydrogen-bond donors (Lipinski definition) is 0. The van der Waals surface area contributed by atoms with Crippen molar-refractivity contribution in [2.75, 3.05) is 46.2 Å². The Balaban J connectivity index is 1.72. The topological polar surface area (TPSA) is 63.2 Å². The van der Waals surface area contributed by atoms with Crippen LogP contribution in [0.1, 0.15) is 48.0 Å². The maximum atomic E-state index is 11.6. The predicted molar refractivity (Wildman–Crippen MR) is 146 cm³/mol. The summed E-state index contributed by atoms with van der Waals surface area (Å²) in [5.74, 6) is -0.253. The van der Waals surface area contributed by atoms with Gasteiger partial charge in [-0.1, -0.05) is 81.4 Å². The maximum Gasteiger partial charge on any atom is 0.308 e. The summed E-state index contributed by atoms with van der Waals surface area (Å²) in [5, 5.41) is 2.47. The summed E-state index contributed by atoms with van der Waals surface area (Å²) < 4.78 is 28.8. The molecule has 0 fully saturated rings. The zero-order valence-electron chi connectivity index (χ0n) is 22.9. The number of ether oxygens (including phenoxy) is 4. The lowest BCUT2D eigenvalue weighted by atomic mass is 10.2. The van der Waals surface area contributed by atoms with Crippen LogP contribution in [0.25, 0.3) is 0 Å². The maximum absolute atomic E-state index is 11.6. The SMILES string of the molecule is CC(C)(C)OC(=O)CCOCCOCCOCCO[Si](c1ccccc1)(c1ccccc1)C(C)(C)C. The van der Waals surface area contributed by atoms with Gasteiger partial charge in [0.1, 0.15) is 5.60 Å². The molecule has 0 unspecified atom stereocenters. The first-order valence-corrected chi connectivity index (χ1v) is 14.7. The van der Waals surface area contributed by atoms with E-state index in [9.17, 15) is 4.79 Å². The second-order valence-corrected chi connectivity index (χ2v) is 15.0. The number of benzene rings is 2. The fraction of sp³-hybridized carbons (Fsp3) is 0.552. The van der Waals surface area contributed by atoms with Crippen molar-refractivity contribution >= 4 is 24.7 Å². The first-order valence-electron chi connectivity index (χ1n) is 12.8. The molecule has 0 aliphatic heterocycles. The van der Waals surface area contributed by atoms with Gasteiger partial charge in [0, 0.05) is 0 Å². The quantitative estimate of drug-likeness (QED) is 0.199. The number of rotatable bonds is 15. The highest BCUT2D eigenvalue weighted by Gasteiger charge is 2.49. The summed E-state index contributed by atoms with van der Waals surface area (Å²) in [6.45, 7) is 15.6. The van der Waals surface area contributed by atoms with Crippen LogP contribution in [0.4, 0.5) is 0 Å². The molecule has 0 saturated carbocycles. The van der Waals surface area contributed by atoms with E-state index in [0.717, 1.165) is 0 Å². The van der Waals surface area contributed by atoms with Crippen molar-refractivity contribution in [2.24, 2.45) is 0 Å². The summed E-state index contributed by atoms with van der Waals surface area (Å²) >= 11 is 0. The molecular formula is C29H44O6Si. The van der Waals surface area contributed by atoms with Crippen LogP contribution in [0.3, 0.4) is 0 Å². The van der Waals surface area contributed by atoms with Gasteiger partial charge in [-0.2, -0.15) is 0 Å². The minimum absolute atomic E-state index is 0.0533. The van der Waals surface area contributed by atoms with Gasteiger partial charge < -0.3 is 23.4 Å². The molecule has 0 aromatic heterocycles. The molecule has 0 atom stereocenters. The van der Waals surface area contributed by atoms with Gasteiger partial charge in [0.05, 0.1) is 52.7 Å². The summed E-state index contributed by atoms with van der Waals surface area (Å²) in [7, 11) is -2.53. The van der Waals surface area contributed by atoms with E-state index in [0.29, 0.717) is 46.2 Å². The molecule has 7 heteroatoms. The molecule has 200 valence electrons. The Morgan fingerprint density at radius 2 is 1.06 bits per heavy atom. The molecule has 0 saturated heterocycles. The van der Waals surface area contributed by atoms with Crippen molar-refractivity contribution in [3.05, 3.63) is 60.7 Å². The summed E-state index contributed by atoms with van der Waals surface area (Å²) in [4.78, 5) is 11.6. The van der Waals surface area contributed by atoms with E-state index < -0.39 is 13.9 Å². The average Bonchev–Trinajstić information content (AvgIpc) is 2.81. The Kier molecular flexibility index (Phi) is 12.3. The third-order valence-corrected chi connectivity index (χ3v) is 10.6. The number of carbonyl (C=O) groups excluding carboxylic acids is 1. The largest absolute Gasteiger partial charge is 0.460 e. The Hall–Kier alpha value is -2.03. The lowest BCUT2D eigenvalue weighted by Gasteiger charge is -2.43. The van der Waals surface area contributed by atoms with Gasteiger partial charge in [0.25, 0.3) is 8.32 Å². The van der Waals surface area contributed by atoms with Gasteiger partial charge in [-0.3, -0.25) is 4.79 Å². The van der Waals surface area contributed by atoms with Gasteiger partial charge >= 0.3 is 5.97 Å². The van der Waals surface area contributed by atoms with Crippen molar-refractivity contribution in [3.8, 4) is 0 Å². The minimum Gasteiger partial charge on any atom is -0.460 e. The standard InChI is InChI=1S/C29H44O6Si/c1-28(2,3)35-27(30)17-18-31-19-20-32-21-22-33-23-24-34-36(29(4,5)6,25-13-9-7-10-14-25)26-15-11-8-12-16-26/h7-16H,17-24H2,1-6H3. The van der Waals surface area contributed by atoms with Gasteiger partial charge in [0.2, 0.25) is 0 Å². The van der Waals surface area contributed by atoms with E-state index in [-0.39, 0.29) is 17.4 Å². The molecule has 6 nitrogen and oxygen atoms in total. The van der Waals surface area contributed by atoms with Gasteiger partial charge in [0.15, 0.2) is 0 Å². The van der Waals surface area contributed by atoms with E-state index >= 15 is 0 Å². The Bertz CT molecular complexity index is 835. The highest BCUT2D eigenvalue weighted by atomic mass is 28.4. The van der Waals surface area contributed by atoms with Crippen molar-refractivity contribution < 1.29 is 28.2 Å². The molecular weight excluding hydrogens is 472 g/mol. The molecule has 0 aliphatic rings. The van der Waals surface area contributed by atoms with Crippen molar-refractivity contribution in [3.63, 3.8) is 0 Å². The van der Waals surface area contributed by atoms with Gasteiger partial charge in [-0.05, 0) is 36.2 Å². The molecule has 0 aliphatic carbocycles. The zero-order valence-corrected chi connectivity index (χ0v) is 23.9. The molecule has 36 heavy (non-hydrogen) atoms. The third-order valence-electron chi connectivity index (χ3n) is 5.58. The van der Waals surface area contributed by atoms with Crippen LogP contribution in [0, 0.1) is 0 Å². The monoisotopic (exact) mass is 516 g/mol. The molecule has 0 bridgehead atoms. The molecule has 2 aromatic rings. The van der Waals surface area contributed by atoms with Crippen LogP contribution in [0.2, 0.25) is 5.04 Å². The normalized spacial score (nSPS) is 12.5. The van der Waals surface area contributed by atoms with E-state index in [1.54, 1.807) is 0 Å². The first kappa shape index (κ1) is 30.2. The summed E-state index contributed by atoms with van der Waals surface area (Å²) in [6, 6.07) is 21.2. The number of carbonyl (C=O) groups is 1. The van der Waals surface area contributed by atoms with E-state index in [1.165, 1.54) is 10.4 Å². The fourth-order valence-electron chi connectivity index (χ4n) is 4.11. The van der Waals surface area contributed by atoms with E-state index in [1.807, 2.05) is 32.9 Å². The average molecular weight is 517 g/mol. The van der Waals surface area contributed by atoms with Crippen LogP contribution in [-0.4, -0.2) is 66.1 Å². The van der Waals surface area contributed by atoms with Crippen molar-refractivity contribution in [1.82, 2.24) is 0 Å². The van der Waals surface area contributed by atoms with Crippen molar-refractivity contribution in [2.45, 2.75) is 58.6 Å².